The van der Waals surface area contributed by atoms with Crippen molar-refractivity contribution in [3.05, 3.63) is 35.4 Å². The molecule has 1 aromatic carbocycles. The highest BCUT2D eigenvalue weighted by molar-refractivity contribution is 5.73. The van der Waals surface area contributed by atoms with E-state index in [9.17, 15) is 18.7 Å². The van der Waals surface area contributed by atoms with E-state index in [0.717, 1.165) is 12.5 Å². The molecule has 6 heteroatoms. The van der Waals surface area contributed by atoms with Crippen LogP contribution in [0.15, 0.2) is 18.2 Å². The third-order valence-corrected chi connectivity index (χ3v) is 3.47. The summed E-state index contributed by atoms with van der Waals surface area (Å²) >= 11 is 0. The smallest absolute Gasteiger partial charge is 0.314 e. The van der Waals surface area contributed by atoms with E-state index in [1.54, 1.807) is 0 Å². The third kappa shape index (κ3) is 6.08. The maximum Gasteiger partial charge on any atom is 0.314 e. The molecule has 1 rings (SSSR count). The lowest BCUT2D eigenvalue weighted by Gasteiger charge is -2.17. The van der Waals surface area contributed by atoms with E-state index in [2.05, 4.69) is 10.6 Å². The van der Waals surface area contributed by atoms with Crippen LogP contribution in [0.1, 0.15) is 25.8 Å². The zero-order valence-corrected chi connectivity index (χ0v) is 12.3. The van der Waals surface area contributed by atoms with E-state index in [1.807, 2.05) is 13.8 Å². The van der Waals surface area contributed by atoms with Crippen molar-refractivity contribution < 1.29 is 18.7 Å². The monoisotopic (exact) mass is 300 g/mol. The number of carbonyl (C=O) groups excluding carboxylic acids is 1. The van der Waals surface area contributed by atoms with Gasteiger partial charge in [-0.2, -0.15) is 0 Å². The summed E-state index contributed by atoms with van der Waals surface area (Å²) in [6.07, 6.45) is 0.511. The van der Waals surface area contributed by atoms with Crippen molar-refractivity contribution in [2.45, 2.75) is 32.8 Å². The number of hydrogen-bond acceptors (Lipinski definition) is 2. The molecule has 0 aliphatic heterocycles. The van der Waals surface area contributed by atoms with Crippen molar-refractivity contribution in [1.29, 1.82) is 0 Å². The summed E-state index contributed by atoms with van der Waals surface area (Å²) < 4.78 is 26.1. The standard InChI is InChI=1S/C15H22F2N2O2/c1-3-10(2)14(20)9-19-15(21)18-7-6-11-4-5-12(16)8-13(11)17/h4-5,8,10,14,20H,3,6-7,9H2,1-2H3,(H2,18,19,21). The molecule has 0 spiro atoms. The van der Waals surface area contributed by atoms with Gasteiger partial charge in [-0.3, -0.25) is 0 Å². The van der Waals surface area contributed by atoms with E-state index in [-0.39, 0.29) is 25.4 Å². The van der Waals surface area contributed by atoms with Crippen LogP contribution in [0.3, 0.4) is 0 Å². The lowest BCUT2D eigenvalue weighted by atomic mass is 10.0. The molecule has 0 aliphatic carbocycles. The summed E-state index contributed by atoms with van der Waals surface area (Å²) in [5, 5.41) is 14.8. The molecular weight excluding hydrogens is 278 g/mol. The fourth-order valence-electron chi connectivity index (χ4n) is 1.77. The van der Waals surface area contributed by atoms with Crippen LogP contribution in [0, 0.1) is 17.6 Å². The minimum Gasteiger partial charge on any atom is -0.391 e. The molecular formula is C15H22F2N2O2. The second-order valence-electron chi connectivity index (χ2n) is 5.08. The van der Waals surface area contributed by atoms with Crippen LogP contribution in [0.25, 0.3) is 0 Å². The molecule has 21 heavy (non-hydrogen) atoms. The summed E-state index contributed by atoms with van der Waals surface area (Å²) in [6.45, 7) is 4.27. The highest BCUT2D eigenvalue weighted by atomic mass is 19.1. The number of nitrogens with one attached hydrogen (secondary N) is 2. The van der Waals surface area contributed by atoms with Gasteiger partial charge in [-0.1, -0.05) is 26.3 Å². The Morgan fingerprint density at radius 2 is 2.05 bits per heavy atom. The second kappa shape index (κ2) is 8.56. The Labute approximate surface area is 123 Å². The van der Waals surface area contributed by atoms with E-state index < -0.39 is 23.8 Å². The molecule has 0 heterocycles. The van der Waals surface area contributed by atoms with Crippen LogP contribution in [0.2, 0.25) is 0 Å². The minimum absolute atomic E-state index is 0.110. The lowest BCUT2D eigenvalue weighted by Crippen LogP contribution is -2.42. The van der Waals surface area contributed by atoms with Gasteiger partial charge in [0, 0.05) is 19.2 Å². The van der Waals surface area contributed by atoms with Crippen molar-refractivity contribution in [2.24, 2.45) is 5.92 Å². The number of urea groups is 1. The number of amides is 2. The molecule has 3 N–H and O–H groups in total. The number of carbonyl (C=O) groups is 1. The first kappa shape index (κ1) is 17.4. The largest absolute Gasteiger partial charge is 0.391 e. The fourth-order valence-corrected chi connectivity index (χ4v) is 1.77. The molecule has 2 atom stereocenters. The SMILES string of the molecule is CCC(C)C(O)CNC(=O)NCCc1ccc(F)cc1F. The maximum absolute atomic E-state index is 13.4. The van der Waals surface area contributed by atoms with Crippen LogP contribution < -0.4 is 10.6 Å². The fraction of sp³-hybridized carbons (Fsp3) is 0.533. The number of benzene rings is 1. The van der Waals surface area contributed by atoms with Crippen molar-refractivity contribution in [3.63, 3.8) is 0 Å². The molecule has 0 aliphatic rings. The number of halogens is 2. The first-order valence-corrected chi connectivity index (χ1v) is 7.07. The van der Waals surface area contributed by atoms with Gasteiger partial charge < -0.3 is 15.7 Å². The Bertz CT molecular complexity index is 469. The first-order chi connectivity index (χ1) is 9.93. The minimum atomic E-state index is -0.624. The molecule has 0 bridgehead atoms. The first-order valence-electron chi connectivity index (χ1n) is 7.07. The van der Waals surface area contributed by atoms with Crippen molar-refractivity contribution in [1.82, 2.24) is 10.6 Å². The van der Waals surface area contributed by atoms with Gasteiger partial charge in [0.15, 0.2) is 0 Å². The highest BCUT2D eigenvalue weighted by Gasteiger charge is 2.13. The van der Waals surface area contributed by atoms with Gasteiger partial charge >= 0.3 is 6.03 Å². The number of rotatable bonds is 7. The predicted molar refractivity (Wildman–Crippen MR) is 76.9 cm³/mol. The van der Waals surface area contributed by atoms with E-state index in [1.165, 1.54) is 12.1 Å². The summed E-state index contributed by atoms with van der Waals surface area (Å²) in [7, 11) is 0. The van der Waals surface area contributed by atoms with Gasteiger partial charge in [-0.15, -0.1) is 0 Å². The Hall–Kier alpha value is -1.69. The normalized spacial score (nSPS) is 13.6. The van der Waals surface area contributed by atoms with E-state index in [0.29, 0.717) is 5.56 Å². The van der Waals surface area contributed by atoms with Crippen LogP contribution in [0.5, 0.6) is 0 Å². The molecule has 2 amide bonds. The third-order valence-electron chi connectivity index (χ3n) is 3.47. The molecule has 0 aromatic heterocycles. The molecule has 1 aromatic rings. The van der Waals surface area contributed by atoms with Gasteiger partial charge in [0.2, 0.25) is 0 Å². The summed E-state index contributed by atoms with van der Waals surface area (Å²) in [5.41, 5.74) is 0.344. The molecule has 0 saturated carbocycles. The van der Waals surface area contributed by atoms with Gasteiger partial charge in [0.1, 0.15) is 11.6 Å². The second-order valence-corrected chi connectivity index (χ2v) is 5.08. The Morgan fingerprint density at radius 3 is 2.67 bits per heavy atom. The molecule has 2 unspecified atom stereocenters. The van der Waals surface area contributed by atoms with Gasteiger partial charge in [-0.25, -0.2) is 13.6 Å². The van der Waals surface area contributed by atoms with Gasteiger partial charge in [0.05, 0.1) is 6.10 Å². The van der Waals surface area contributed by atoms with Crippen LogP contribution in [-0.2, 0) is 6.42 Å². The molecule has 0 fully saturated rings. The average molecular weight is 300 g/mol. The van der Waals surface area contributed by atoms with Crippen molar-refractivity contribution in [3.8, 4) is 0 Å². The van der Waals surface area contributed by atoms with Crippen LogP contribution in [0.4, 0.5) is 13.6 Å². The lowest BCUT2D eigenvalue weighted by molar-refractivity contribution is 0.114. The van der Waals surface area contributed by atoms with Gasteiger partial charge in [0.25, 0.3) is 0 Å². The highest BCUT2D eigenvalue weighted by Crippen LogP contribution is 2.09. The van der Waals surface area contributed by atoms with Crippen molar-refractivity contribution in [2.75, 3.05) is 13.1 Å². The zero-order chi connectivity index (χ0) is 15.8. The van der Waals surface area contributed by atoms with E-state index >= 15 is 0 Å². The summed E-state index contributed by atoms with van der Waals surface area (Å²) in [5.74, 6) is -1.14. The van der Waals surface area contributed by atoms with E-state index in [4.69, 9.17) is 0 Å². The quantitative estimate of drug-likeness (QED) is 0.723. The summed E-state index contributed by atoms with van der Waals surface area (Å²) in [4.78, 5) is 11.5. The zero-order valence-electron chi connectivity index (χ0n) is 12.3. The summed E-state index contributed by atoms with van der Waals surface area (Å²) in [6, 6.07) is 2.94. The number of hydrogen-bond donors (Lipinski definition) is 3. The number of aliphatic hydroxyl groups excluding tert-OH is 1. The Balaban J connectivity index is 2.27. The molecule has 0 saturated heterocycles. The van der Waals surface area contributed by atoms with Crippen molar-refractivity contribution >= 4 is 6.03 Å². The van der Waals surface area contributed by atoms with Crippen LogP contribution in [-0.4, -0.2) is 30.3 Å². The topological polar surface area (TPSA) is 61.4 Å². The average Bonchev–Trinajstić information content (AvgIpc) is 2.46. The number of aliphatic hydroxyl groups is 1. The molecule has 4 nitrogen and oxygen atoms in total. The Morgan fingerprint density at radius 1 is 1.33 bits per heavy atom. The predicted octanol–water partition coefficient (Wildman–Crippen LogP) is 2.21. The molecule has 0 radical (unpaired) electrons. The molecule has 118 valence electrons. The Kier molecular flexibility index (Phi) is 7.08. The maximum atomic E-state index is 13.4. The van der Waals surface area contributed by atoms with Crippen LogP contribution >= 0.6 is 0 Å². The van der Waals surface area contributed by atoms with Gasteiger partial charge in [-0.05, 0) is 24.0 Å².